The standard InChI is InChI=1S/C23H24N.C18H24NSi.Ir/c1-23(2,3)17-20-12-13-24-22(16-20)21-11-7-10-19(15-21)14-18-8-5-4-6-9-18;1-14(2)11-16-12-17(15-9-7-6-8-10-15)19-13-18(16)20(3,4)5;/h4-10,12-13,15-16H,14,17H2,1-3H3;6-9,12-14H,11H2,1-5H3;/q2*-1;. The first-order valence-corrected chi connectivity index (χ1v) is 19.3. The van der Waals surface area contributed by atoms with Crippen LogP contribution in [0, 0.1) is 23.5 Å². The molecule has 2 heterocycles. The van der Waals surface area contributed by atoms with Gasteiger partial charge in [-0.2, -0.15) is 0 Å². The summed E-state index contributed by atoms with van der Waals surface area (Å²) in [6, 6.07) is 38.2. The van der Waals surface area contributed by atoms with E-state index in [9.17, 15) is 0 Å². The monoisotopic (exact) mass is 789 g/mol. The van der Waals surface area contributed by atoms with Crippen molar-refractivity contribution in [3.63, 3.8) is 0 Å². The van der Waals surface area contributed by atoms with Crippen molar-refractivity contribution in [1.82, 2.24) is 9.97 Å². The Morgan fingerprint density at radius 2 is 1.40 bits per heavy atom. The van der Waals surface area contributed by atoms with Gasteiger partial charge in [-0.1, -0.05) is 108 Å². The third-order valence-electron chi connectivity index (χ3n) is 7.36. The molecule has 2 nitrogen and oxygen atoms in total. The summed E-state index contributed by atoms with van der Waals surface area (Å²) in [5, 5.41) is 1.49. The minimum Gasteiger partial charge on any atom is -0.305 e. The smallest absolute Gasteiger partial charge is 0.0798 e. The Bertz CT molecular complexity index is 1620. The normalized spacial score (nSPS) is 11.4. The van der Waals surface area contributed by atoms with E-state index in [-0.39, 0.29) is 25.5 Å². The molecule has 0 saturated heterocycles. The molecule has 0 N–H and O–H groups in total. The van der Waals surface area contributed by atoms with E-state index < -0.39 is 8.07 Å². The second-order valence-electron chi connectivity index (χ2n) is 14.4. The number of pyridine rings is 2. The fourth-order valence-electron chi connectivity index (χ4n) is 5.43. The molecule has 0 fully saturated rings. The van der Waals surface area contributed by atoms with Gasteiger partial charge >= 0.3 is 0 Å². The van der Waals surface area contributed by atoms with Gasteiger partial charge in [0.1, 0.15) is 0 Å². The SMILES string of the molecule is CC(C)(C)Cc1ccnc(-c2[c-]ccc(Cc3ccccc3)c2)c1.CC(C)Cc1cc(-c2[c-]cccc2)ncc1[Si](C)(C)C.[Ir]. The maximum Gasteiger partial charge on any atom is 0.0798 e. The summed E-state index contributed by atoms with van der Waals surface area (Å²) in [5.41, 5.74) is 9.89. The zero-order chi connectivity index (χ0) is 31.7. The van der Waals surface area contributed by atoms with Crippen LogP contribution in [0.1, 0.15) is 56.9 Å². The first-order chi connectivity index (χ1) is 20.9. The molecule has 5 aromatic rings. The second kappa shape index (κ2) is 16.4. The van der Waals surface area contributed by atoms with E-state index >= 15 is 0 Å². The van der Waals surface area contributed by atoms with E-state index in [0.29, 0.717) is 5.92 Å². The van der Waals surface area contributed by atoms with Crippen LogP contribution in [-0.4, -0.2) is 18.0 Å². The summed E-state index contributed by atoms with van der Waals surface area (Å²) in [6.45, 7) is 18.5. The van der Waals surface area contributed by atoms with Gasteiger partial charge in [0, 0.05) is 32.5 Å². The summed E-state index contributed by atoms with van der Waals surface area (Å²) < 4.78 is 0. The molecule has 0 aliphatic carbocycles. The van der Waals surface area contributed by atoms with Crippen molar-refractivity contribution < 1.29 is 20.1 Å². The van der Waals surface area contributed by atoms with Crippen molar-refractivity contribution in [2.75, 3.05) is 0 Å². The predicted octanol–water partition coefficient (Wildman–Crippen LogP) is 10.0. The molecule has 1 radical (unpaired) electrons. The Morgan fingerprint density at radius 1 is 0.711 bits per heavy atom. The van der Waals surface area contributed by atoms with Crippen LogP contribution in [0.3, 0.4) is 0 Å². The summed E-state index contributed by atoms with van der Waals surface area (Å²) >= 11 is 0. The molecule has 0 aliphatic heterocycles. The van der Waals surface area contributed by atoms with Gasteiger partial charge in [-0.25, -0.2) is 0 Å². The molecule has 0 amide bonds. The van der Waals surface area contributed by atoms with E-state index in [2.05, 4.69) is 149 Å². The number of benzene rings is 3. The number of nitrogens with zero attached hydrogens (tertiary/aromatic N) is 2. The maximum absolute atomic E-state index is 4.69. The van der Waals surface area contributed by atoms with E-state index in [1.807, 2.05) is 30.5 Å². The van der Waals surface area contributed by atoms with E-state index in [0.717, 1.165) is 41.8 Å². The second-order valence-corrected chi connectivity index (χ2v) is 19.4. The third-order valence-corrected chi connectivity index (χ3v) is 9.43. The third kappa shape index (κ3) is 11.6. The van der Waals surface area contributed by atoms with Crippen LogP contribution in [0.2, 0.25) is 19.6 Å². The van der Waals surface area contributed by atoms with Crippen LogP contribution < -0.4 is 5.19 Å². The van der Waals surface area contributed by atoms with Gasteiger partial charge < -0.3 is 9.97 Å². The largest absolute Gasteiger partial charge is 0.305 e. The van der Waals surface area contributed by atoms with Gasteiger partial charge in [0.05, 0.1) is 8.07 Å². The van der Waals surface area contributed by atoms with Gasteiger partial charge in [0.2, 0.25) is 0 Å². The molecule has 0 aliphatic rings. The average Bonchev–Trinajstić information content (AvgIpc) is 2.97. The molecular weight excluding hydrogens is 741 g/mol. The van der Waals surface area contributed by atoms with Gasteiger partial charge in [-0.3, -0.25) is 0 Å². The Balaban J connectivity index is 0.000000244. The van der Waals surface area contributed by atoms with Gasteiger partial charge in [-0.15, -0.1) is 71.3 Å². The van der Waals surface area contributed by atoms with E-state index in [1.165, 1.54) is 27.4 Å². The molecule has 0 atom stereocenters. The first kappa shape index (κ1) is 36.3. The molecule has 45 heavy (non-hydrogen) atoms. The first-order valence-electron chi connectivity index (χ1n) is 15.8. The fraction of sp³-hybridized carbons (Fsp3) is 0.317. The van der Waals surface area contributed by atoms with Crippen molar-refractivity contribution in [2.24, 2.45) is 11.3 Å². The number of hydrogen-bond donors (Lipinski definition) is 0. The molecule has 5 rings (SSSR count). The van der Waals surface area contributed by atoms with Crippen LogP contribution in [-0.2, 0) is 39.4 Å². The molecule has 3 aromatic carbocycles. The van der Waals surface area contributed by atoms with Crippen LogP contribution in [0.4, 0.5) is 0 Å². The molecular formula is C41H48IrN2Si-2. The quantitative estimate of drug-likeness (QED) is 0.116. The Kier molecular flexibility index (Phi) is 13.2. The van der Waals surface area contributed by atoms with Crippen molar-refractivity contribution in [2.45, 2.75) is 73.5 Å². The van der Waals surface area contributed by atoms with E-state index in [1.54, 1.807) is 0 Å². The van der Waals surface area contributed by atoms with Gasteiger partial charge in [0.25, 0.3) is 0 Å². The topological polar surface area (TPSA) is 25.8 Å². The van der Waals surface area contributed by atoms with Crippen molar-refractivity contribution in [3.05, 3.63) is 138 Å². The van der Waals surface area contributed by atoms with Crippen LogP contribution in [0.15, 0.2) is 103 Å². The van der Waals surface area contributed by atoms with Crippen molar-refractivity contribution in [1.29, 1.82) is 0 Å². The summed E-state index contributed by atoms with van der Waals surface area (Å²) in [7, 11) is -1.34. The summed E-state index contributed by atoms with van der Waals surface area (Å²) in [6.07, 6.45) is 7.13. The minimum absolute atomic E-state index is 0. The zero-order valence-corrected chi connectivity index (χ0v) is 31.6. The molecule has 0 spiro atoms. The average molecular weight is 789 g/mol. The summed E-state index contributed by atoms with van der Waals surface area (Å²) in [4.78, 5) is 9.24. The van der Waals surface area contributed by atoms with Gasteiger partial charge in [-0.05, 0) is 58.8 Å². The number of aromatic nitrogens is 2. The summed E-state index contributed by atoms with van der Waals surface area (Å²) in [5.74, 6) is 0.667. The van der Waals surface area contributed by atoms with Gasteiger partial charge in [0.15, 0.2) is 0 Å². The van der Waals surface area contributed by atoms with Crippen molar-refractivity contribution >= 4 is 13.3 Å². The van der Waals surface area contributed by atoms with Crippen LogP contribution >= 0.6 is 0 Å². The molecule has 237 valence electrons. The Labute approximate surface area is 287 Å². The molecule has 0 saturated carbocycles. The molecule has 2 aromatic heterocycles. The number of rotatable bonds is 8. The predicted molar refractivity (Wildman–Crippen MR) is 191 cm³/mol. The minimum atomic E-state index is -1.34. The Hall–Kier alpha value is -3.17. The van der Waals surface area contributed by atoms with Crippen molar-refractivity contribution in [3.8, 4) is 22.5 Å². The molecule has 4 heteroatoms. The van der Waals surface area contributed by atoms with Crippen LogP contribution in [0.5, 0.6) is 0 Å². The zero-order valence-electron chi connectivity index (χ0n) is 28.2. The number of hydrogen-bond acceptors (Lipinski definition) is 2. The molecule has 0 unspecified atom stereocenters. The van der Waals surface area contributed by atoms with E-state index in [4.69, 9.17) is 0 Å². The fourth-order valence-corrected chi connectivity index (χ4v) is 7.02. The van der Waals surface area contributed by atoms with Crippen LogP contribution in [0.25, 0.3) is 22.5 Å². The maximum atomic E-state index is 4.69. The Morgan fingerprint density at radius 3 is 2.04 bits per heavy atom. The molecule has 0 bridgehead atoms.